The van der Waals surface area contributed by atoms with Gasteiger partial charge in [-0.3, -0.25) is 0 Å². The molecule has 6 heteroatoms. The first-order chi connectivity index (χ1) is 5.65. The maximum atomic E-state index is 10.9. The summed E-state index contributed by atoms with van der Waals surface area (Å²) < 4.78 is 4.83. The molecule has 0 bridgehead atoms. The van der Waals surface area contributed by atoms with E-state index in [1.54, 1.807) is 0 Å². The first kappa shape index (κ1) is 8.92. The third-order valence-electron chi connectivity index (χ3n) is 1.15. The number of anilines is 1. The van der Waals surface area contributed by atoms with Crippen LogP contribution in [0.15, 0.2) is 10.8 Å². The Labute approximate surface area is 77.1 Å². The van der Waals surface area contributed by atoms with E-state index < -0.39 is 5.97 Å². The van der Waals surface area contributed by atoms with Gasteiger partial charge in [-0.1, -0.05) is 0 Å². The lowest BCUT2D eigenvalue weighted by molar-refractivity contribution is 0.0593. The fourth-order valence-electron chi connectivity index (χ4n) is 0.592. The number of nitrogens with two attached hydrogens (primary N) is 1. The monoisotopic (exact) mass is 231 g/mol. The van der Waals surface area contributed by atoms with Gasteiger partial charge in [-0.25, -0.2) is 14.8 Å². The quantitative estimate of drug-likeness (QED) is 0.717. The van der Waals surface area contributed by atoms with Crippen LogP contribution in [0, 0.1) is 0 Å². The Hall–Kier alpha value is -1.17. The van der Waals surface area contributed by atoms with Crippen LogP contribution in [0.5, 0.6) is 0 Å². The normalized spacial score (nSPS) is 9.50. The van der Waals surface area contributed by atoms with Crippen molar-refractivity contribution in [3.8, 4) is 0 Å². The highest BCUT2D eigenvalue weighted by Gasteiger charge is 2.09. The summed E-state index contributed by atoms with van der Waals surface area (Å²) in [5.74, 6) is -0.389. The molecule has 0 saturated heterocycles. The third-order valence-corrected chi connectivity index (χ3v) is 1.76. The largest absolute Gasteiger partial charge is 0.464 e. The Morgan fingerprint density at radius 2 is 2.42 bits per heavy atom. The van der Waals surface area contributed by atoms with Gasteiger partial charge < -0.3 is 10.5 Å². The van der Waals surface area contributed by atoms with Crippen LogP contribution in [0.25, 0.3) is 0 Å². The van der Waals surface area contributed by atoms with Crippen molar-refractivity contribution in [1.82, 2.24) is 9.97 Å². The Morgan fingerprint density at radius 1 is 1.75 bits per heavy atom. The number of methoxy groups -OCH3 is 1. The maximum absolute atomic E-state index is 10.9. The molecule has 0 fully saturated rings. The number of aromatic nitrogens is 2. The summed E-state index contributed by atoms with van der Waals surface area (Å²) in [6.45, 7) is 0. The lowest BCUT2D eigenvalue weighted by Gasteiger charge is -1.99. The number of ether oxygens (including phenoxy) is 1. The molecule has 1 aromatic heterocycles. The van der Waals surface area contributed by atoms with E-state index in [0.29, 0.717) is 4.60 Å². The first-order valence-electron chi connectivity index (χ1n) is 3.01. The van der Waals surface area contributed by atoms with Crippen molar-refractivity contribution in [2.75, 3.05) is 12.8 Å². The molecule has 1 rings (SSSR count). The van der Waals surface area contributed by atoms with Gasteiger partial charge in [0.2, 0.25) is 0 Å². The van der Waals surface area contributed by atoms with E-state index in [4.69, 9.17) is 5.73 Å². The molecule has 0 saturated carbocycles. The van der Waals surface area contributed by atoms with Crippen LogP contribution in [-0.4, -0.2) is 23.0 Å². The summed E-state index contributed by atoms with van der Waals surface area (Å²) in [5.41, 5.74) is 5.48. The summed E-state index contributed by atoms with van der Waals surface area (Å²) in [6.07, 6.45) is 1.28. The zero-order chi connectivity index (χ0) is 9.14. The minimum atomic E-state index is -0.554. The van der Waals surface area contributed by atoms with E-state index in [9.17, 15) is 4.79 Å². The number of hydrogen-bond donors (Lipinski definition) is 1. The molecule has 1 aromatic rings. The SMILES string of the molecule is COC(=O)c1cnc(Br)c(N)n1. The molecule has 1 heterocycles. The smallest absolute Gasteiger partial charge is 0.358 e. The number of halogens is 1. The van der Waals surface area contributed by atoms with Crippen molar-refractivity contribution in [3.63, 3.8) is 0 Å². The zero-order valence-electron chi connectivity index (χ0n) is 6.24. The third kappa shape index (κ3) is 1.70. The second-order valence-corrected chi connectivity index (χ2v) is 2.67. The van der Waals surface area contributed by atoms with E-state index >= 15 is 0 Å². The van der Waals surface area contributed by atoms with E-state index in [1.165, 1.54) is 13.3 Å². The number of esters is 1. The highest BCUT2D eigenvalue weighted by atomic mass is 79.9. The molecular formula is C6H6BrN3O2. The van der Waals surface area contributed by atoms with Gasteiger partial charge in [-0.2, -0.15) is 0 Å². The van der Waals surface area contributed by atoms with Crippen LogP contribution < -0.4 is 5.73 Å². The molecule has 2 N–H and O–H groups in total. The van der Waals surface area contributed by atoms with Crippen LogP contribution in [0.2, 0.25) is 0 Å². The number of carbonyl (C=O) groups is 1. The second kappa shape index (κ2) is 3.48. The molecule has 0 aliphatic heterocycles. The first-order valence-corrected chi connectivity index (χ1v) is 3.80. The van der Waals surface area contributed by atoms with Crippen molar-refractivity contribution in [2.45, 2.75) is 0 Å². The highest BCUT2D eigenvalue weighted by molar-refractivity contribution is 9.10. The summed E-state index contributed by atoms with van der Waals surface area (Å²) in [4.78, 5) is 18.4. The predicted octanol–water partition coefficient (Wildman–Crippen LogP) is 0.608. The molecule has 5 nitrogen and oxygen atoms in total. The fraction of sp³-hybridized carbons (Fsp3) is 0.167. The molecule has 0 radical (unpaired) electrons. The Bertz CT molecular complexity index is 316. The van der Waals surface area contributed by atoms with Crippen molar-refractivity contribution in [1.29, 1.82) is 0 Å². The maximum Gasteiger partial charge on any atom is 0.358 e. The van der Waals surface area contributed by atoms with Crippen molar-refractivity contribution < 1.29 is 9.53 Å². The summed E-state index contributed by atoms with van der Waals surface area (Å²) in [6, 6.07) is 0. The standard InChI is InChI=1S/C6H6BrN3O2/c1-12-6(11)3-2-9-4(7)5(8)10-3/h2H,1H3,(H2,8,10). The summed E-state index contributed by atoms with van der Waals surface area (Å²) >= 11 is 3.05. The number of rotatable bonds is 1. The van der Waals surface area contributed by atoms with E-state index in [-0.39, 0.29) is 11.5 Å². The van der Waals surface area contributed by atoms with Gasteiger partial charge in [-0.05, 0) is 15.9 Å². The summed E-state index contributed by atoms with van der Waals surface area (Å²) in [7, 11) is 1.27. The molecule has 0 atom stereocenters. The van der Waals surface area contributed by atoms with E-state index in [1.807, 2.05) is 0 Å². The van der Waals surface area contributed by atoms with Gasteiger partial charge in [0.05, 0.1) is 13.3 Å². The minimum Gasteiger partial charge on any atom is -0.464 e. The van der Waals surface area contributed by atoms with E-state index in [2.05, 4.69) is 30.6 Å². The number of nitrogen functional groups attached to an aromatic ring is 1. The molecule has 0 amide bonds. The van der Waals surface area contributed by atoms with Crippen molar-refractivity contribution >= 4 is 27.7 Å². The van der Waals surface area contributed by atoms with Crippen LogP contribution in [0.4, 0.5) is 5.82 Å². The molecule has 0 spiro atoms. The topological polar surface area (TPSA) is 78.1 Å². The van der Waals surface area contributed by atoms with Crippen molar-refractivity contribution in [2.24, 2.45) is 0 Å². The molecule has 64 valence electrons. The summed E-state index contributed by atoms with van der Waals surface area (Å²) in [5, 5.41) is 0. The molecule has 0 unspecified atom stereocenters. The average molecular weight is 232 g/mol. The van der Waals surface area contributed by atoms with Gasteiger partial charge in [-0.15, -0.1) is 0 Å². The predicted molar refractivity (Wildman–Crippen MR) is 45.5 cm³/mol. The zero-order valence-corrected chi connectivity index (χ0v) is 7.83. The number of carbonyl (C=O) groups excluding carboxylic acids is 1. The van der Waals surface area contributed by atoms with E-state index in [0.717, 1.165) is 0 Å². The van der Waals surface area contributed by atoms with Crippen LogP contribution in [-0.2, 0) is 4.74 Å². The second-order valence-electron chi connectivity index (χ2n) is 1.92. The van der Waals surface area contributed by atoms with Crippen molar-refractivity contribution in [3.05, 3.63) is 16.5 Å². The molecule has 0 aromatic carbocycles. The Balaban J connectivity index is 3.05. The number of hydrogen-bond acceptors (Lipinski definition) is 5. The van der Waals surface area contributed by atoms with Gasteiger partial charge >= 0.3 is 5.97 Å². The minimum absolute atomic E-state index is 0.0956. The van der Waals surface area contributed by atoms with Gasteiger partial charge in [0.1, 0.15) is 4.60 Å². The van der Waals surface area contributed by atoms with Crippen LogP contribution in [0.1, 0.15) is 10.5 Å². The highest BCUT2D eigenvalue weighted by Crippen LogP contribution is 2.12. The number of nitrogens with zero attached hydrogens (tertiary/aromatic N) is 2. The van der Waals surface area contributed by atoms with Crippen LogP contribution in [0.3, 0.4) is 0 Å². The Morgan fingerprint density at radius 3 is 2.92 bits per heavy atom. The lowest BCUT2D eigenvalue weighted by atomic mass is 10.4. The van der Waals surface area contributed by atoms with Crippen LogP contribution >= 0.6 is 15.9 Å². The Kier molecular flexibility index (Phi) is 2.59. The lowest BCUT2D eigenvalue weighted by Crippen LogP contribution is -2.07. The molecule has 0 aliphatic carbocycles. The van der Waals surface area contributed by atoms with Gasteiger partial charge in [0, 0.05) is 0 Å². The fourth-order valence-corrected chi connectivity index (χ4v) is 0.783. The van der Waals surface area contributed by atoms with Gasteiger partial charge in [0.25, 0.3) is 0 Å². The molecule has 12 heavy (non-hydrogen) atoms. The van der Waals surface area contributed by atoms with Gasteiger partial charge in [0.15, 0.2) is 11.5 Å². The molecule has 0 aliphatic rings. The average Bonchev–Trinajstić information content (AvgIpc) is 2.08. The molecular weight excluding hydrogens is 226 g/mol.